The van der Waals surface area contributed by atoms with Crippen molar-refractivity contribution in [1.29, 1.82) is 0 Å². The summed E-state index contributed by atoms with van der Waals surface area (Å²) in [5.41, 5.74) is 10.1. The second kappa shape index (κ2) is 9.97. The van der Waals surface area contributed by atoms with Gasteiger partial charge in [0, 0.05) is 5.69 Å². The van der Waals surface area contributed by atoms with Crippen LogP contribution >= 0.6 is 12.2 Å². The molecule has 0 radical (unpaired) electrons. The summed E-state index contributed by atoms with van der Waals surface area (Å²) in [5, 5.41) is 6.33. The van der Waals surface area contributed by atoms with E-state index in [1.54, 1.807) is 19.1 Å². The normalized spacial score (nSPS) is 10.4. The first kappa shape index (κ1) is 22.3. The molecular weight excluding hydrogens is 388 g/mol. The van der Waals surface area contributed by atoms with E-state index in [0.717, 1.165) is 22.4 Å². The fourth-order valence-corrected chi connectivity index (χ4v) is 2.93. The molecule has 1 amide bonds. The number of ether oxygens (including phenoxy) is 1. The van der Waals surface area contributed by atoms with Gasteiger partial charge in [0.15, 0.2) is 11.7 Å². The summed E-state index contributed by atoms with van der Waals surface area (Å²) in [6.45, 7) is 9.52. The lowest BCUT2D eigenvalue weighted by Crippen LogP contribution is -2.45. The van der Waals surface area contributed by atoms with Crippen molar-refractivity contribution < 1.29 is 9.53 Å². The summed E-state index contributed by atoms with van der Waals surface area (Å²) >= 11 is 5.21. The Hall–Kier alpha value is -3.00. The third-order valence-electron chi connectivity index (χ3n) is 4.35. The van der Waals surface area contributed by atoms with E-state index >= 15 is 0 Å². The third kappa shape index (κ3) is 6.25. The van der Waals surface area contributed by atoms with E-state index in [1.165, 1.54) is 0 Å². The Bertz CT molecular complexity index is 928. The van der Waals surface area contributed by atoms with Crippen molar-refractivity contribution in [1.82, 2.24) is 10.9 Å². The maximum Gasteiger partial charge on any atom is 0.276 e. The van der Waals surface area contributed by atoms with E-state index in [4.69, 9.17) is 17.0 Å². The molecule has 0 unspecified atom stereocenters. The van der Waals surface area contributed by atoms with Gasteiger partial charge in [-0.1, -0.05) is 31.5 Å². The minimum Gasteiger partial charge on any atom is -0.483 e. The summed E-state index contributed by atoms with van der Waals surface area (Å²) in [6, 6.07) is 9.36. The summed E-state index contributed by atoms with van der Waals surface area (Å²) < 4.78 is 5.66. The molecule has 0 bridgehead atoms. The highest BCUT2D eigenvalue weighted by atomic mass is 32.1. The Morgan fingerprint density at radius 3 is 2.45 bits per heavy atom. The number of benzene rings is 2. The second-order valence-electron chi connectivity index (χ2n) is 7.16. The lowest BCUT2D eigenvalue weighted by Gasteiger charge is -2.16. The summed E-state index contributed by atoms with van der Waals surface area (Å²) in [4.78, 5) is 23.0. The van der Waals surface area contributed by atoms with Crippen LogP contribution in [0.25, 0.3) is 0 Å². The molecule has 0 heterocycles. The molecule has 29 heavy (non-hydrogen) atoms. The molecule has 7 nitrogen and oxygen atoms in total. The number of hydrazine groups is 1. The van der Waals surface area contributed by atoms with Crippen molar-refractivity contribution in [2.24, 2.45) is 5.18 Å². The number of nitrogens with one attached hydrogen (secondary N) is 3. The molecule has 2 aromatic carbocycles. The van der Waals surface area contributed by atoms with Crippen LogP contribution in [0.1, 0.15) is 42.0 Å². The van der Waals surface area contributed by atoms with Crippen LogP contribution in [0, 0.1) is 25.7 Å². The number of rotatable bonds is 6. The predicted molar refractivity (Wildman–Crippen MR) is 120 cm³/mol. The first-order valence-corrected chi connectivity index (χ1v) is 9.66. The van der Waals surface area contributed by atoms with Crippen molar-refractivity contribution >= 4 is 34.6 Å². The second-order valence-corrected chi connectivity index (χ2v) is 7.57. The lowest BCUT2D eigenvalue weighted by molar-refractivity contribution is -0.123. The predicted octanol–water partition coefficient (Wildman–Crippen LogP) is 4.53. The highest BCUT2D eigenvalue weighted by Gasteiger charge is 2.14. The van der Waals surface area contributed by atoms with Crippen LogP contribution in [0.5, 0.6) is 5.75 Å². The topological polar surface area (TPSA) is 91.8 Å². The van der Waals surface area contributed by atoms with Gasteiger partial charge in [0.2, 0.25) is 0 Å². The summed E-state index contributed by atoms with van der Waals surface area (Å²) in [5.74, 6) is 0.276. The fraction of sp³-hybridized carbons (Fsp3) is 0.333. The molecule has 2 aromatic rings. The molecule has 3 N–H and O–H groups in total. The SMILES string of the molecule is Cc1ccc(NC(=S)NNC(=O)COc2cc(C)c(N=O)cc2C(C)C)c(C)c1. The van der Waals surface area contributed by atoms with Gasteiger partial charge >= 0.3 is 0 Å². The molecule has 0 saturated heterocycles. The molecule has 8 heteroatoms. The monoisotopic (exact) mass is 414 g/mol. The van der Waals surface area contributed by atoms with Gasteiger partial charge in [-0.3, -0.25) is 15.6 Å². The molecule has 0 aromatic heterocycles. The first-order valence-electron chi connectivity index (χ1n) is 9.25. The van der Waals surface area contributed by atoms with E-state index in [-0.39, 0.29) is 23.5 Å². The van der Waals surface area contributed by atoms with Crippen LogP contribution < -0.4 is 20.9 Å². The highest BCUT2D eigenvalue weighted by Crippen LogP contribution is 2.33. The number of aryl methyl sites for hydroxylation is 3. The minimum atomic E-state index is -0.389. The summed E-state index contributed by atoms with van der Waals surface area (Å²) in [7, 11) is 0. The maximum absolute atomic E-state index is 12.1. The van der Waals surface area contributed by atoms with Gasteiger partial charge in [0.1, 0.15) is 11.4 Å². The number of carbonyl (C=O) groups is 1. The zero-order chi connectivity index (χ0) is 21.6. The van der Waals surface area contributed by atoms with Crippen molar-refractivity contribution in [2.45, 2.75) is 40.5 Å². The van der Waals surface area contributed by atoms with E-state index in [9.17, 15) is 9.70 Å². The number of hydrogen-bond acceptors (Lipinski definition) is 5. The van der Waals surface area contributed by atoms with E-state index in [0.29, 0.717) is 17.0 Å². The highest BCUT2D eigenvalue weighted by molar-refractivity contribution is 7.80. The van der Waals surface area contributed by atoms with Crippen LogP contribution in [0.2, 0.25) is 0 Å². The zero-order valence-corrected chi connectivity index (χ0v) is 18.1. The van der Waals surface area contributed by atoms with Crippen LogP contribution in [-0.4, -0.2) is 17.6 Å². The third-order valence-corrected chi connectivity index (χ3v) is 4.56. The number of nitrogens with zero attached hydrogens (tertiary/aromatic N) is 1. The largest absolute Gasteiger partial charge is 0.483 e. The maximum atomic E-state index is 12.1. The molecule has 0 saturated carbocycles. The Balaban J connectivity index is 1.90. The van der Waals surface area contributed by atoms with Crippen LogP contribution in [0.3, 0.4) is 0 Å². The van der Waals surface area contributed by atoms with Crippen LogP contribution in [0.4, 0.5) is 11.4 Å². The average molecular weight is 415 g/mol. The van der Waals surface area contributed by atoms with Gasteiger partial charge < -0.3 is 10.1 Å². The van der Waals surface area contributed by atoms with Gasteiger partial charge in [-0.15, -0.1) is 4.91 Å². The van der Waals surface area contributed by atoms with Gasteiger partial charge in [0.05, 0.1) is 0 Å². The van der Waals surface area contributed by atoms with Gasteiger partial charge in [-0.05, 0) is 79.0 Å². The van der Waals surface area contributed by atoms with Crippen LogP contribution in [0.15, 0.2) is 35.5 Å². The van der Waals surface area contributed by atoms with Crippen LogP contribution in [-0.2, 0) is 4.79 Å². The molecule has 0 aliphatic rings. The van der Waals surface area contributed by atoms with E-state index < -0.39 is 0 Å². The number of hydrogen-bond donors (Lipinski definition) is 3. The van der Waals surface area contributed by atoms with Gasteiger partial charge in [0.25, 0.3) is 5.91 Å². The number of anilines is 1. The minimum absolute atomic E-state index is 0.113. The smallest absolute Gasteiger partial charge is 0.276 e. The molecule has 0 aliphatic carbocycles. The van der Waals surface area contributed by atoms with Crippen molar-refractivity contribution in [3.63, 3.8) is 0 Å². The van der Waals surface area contributed by atoms with E-state index in [2.05, 4.69) is 21.3 Å². The molecule has 0 atom stereocenters. The fourth-order valence-electron chi connectivity index (χ4n) is 2.77. The van der Waals surface area contributed by atoms with Gasteiger partial charge in [-0.2, -0.15) is 0 Å². The molecule has 0 fully saturated rings. The zero-order valence-electron chi connectivity index (χ0n) is 17.3. The quantitative estimate of drug-likeness (QED) is 0.365. The number of carbonyl (C=O) groups excluding carboxylic acids is 1. The number of amides is 1. The number of nitroso groups, excluding NO2 is 1. The molecular formula is C21H26N4O3S. The summed E-state index contributed by atoms with van der Waals surface area (Å²) in [6.07, 6.45) is 0. The molecule has 0 aliphatic heterocycles. The average Bonchev–Trinajstić information content (AvgIpc) is 2.66. The molecule has 154 valence electrons. The Labute approximate surface area is 176 Å². The Kier molecular flexibility index (Phi) is 7.67. The Morgan fingerprint density at radius 2 is 1.83 bits per heavy atom. The Morgan fingerprint density at radius 1 is 1.10 bits per heavy atom. The standard InChI is InChI=1S/C21H26N4O3S/c1-12(2)16-10-18(25-27)15(5)9-19(16)28-11-20(26)23-24-21(29)22-17-7-6-13(3)8-14(17)4/h6-10,12H,11H2,1-5H3,(H,23,26)(H2,22,24,29). The van der Waals surface area contributed by atoms with Crippen molar-refractivity contribution in [2.75, 3.05) is 11.9 Å². The molecule has 2 rings (SSSR count). The van der Waals surface area contributed by atoms with E-state index in [1.807, 2.05) is 45.9 Å². The number of thiocarbonyl (C=S) groups is 1. The van der Waals surface area contributed by atoms with Crippen molar-refractivity contribution in [3.8, 4) is 5.75 Å². The lowest BCUT2D eigenvalue weighted by atomic mass is 9.99. The first-order chi connectivity index (χ1) is 13.7. The van der Waals surface area contributed by atoms with Crippen molar-refractivity contribution in [3.05, 3.63) is 57.5 Å². The molecule has 0 spiro atoms. The van der Waals surface area contributed by atoms with Gasteiger partial charge in [-0.25, -0.2) is 0 Å².